The van der Waals surface area contributed by atoms with E-state index in [9.17, 15) is 4.79 Å². The van der Waals surface area contributed by atoms with E-state index >= 15 is 0 Å². The largest absolute Gasteiger partial charge is 0.323 e. The molecule has 5 heteroatoms. The lowest BCUT2D eigenvalue weighted by atomic mass is 9.77. The first-order chi connectivity index (χ1) is 7.12. The summed E-state index contributed by atoms with van der Waals surface area (Å²) in [5.74, 6) is -0.137. The number of anilines is 1. The average molecular weight is 261 g/mol. The molecule has 0 bridgehead atoms. The van der Waals surface area contributed by atoms with Crippen molar-refractivity contribution in [2.45, 2.75) is 24.8 Å². The molecule has 1 aliphatic rings. The van der Waals surface area contributed by atoms with Crippen LogP contribution in [0.5, 0.6) is 0 Å². The van der Waals surface area contributed by atoms with E-state index in [0.717, 1.165) is 19.3 Å². The van der Waals surface area contributed by atoms with Gasteiger partial charge in [-0.25, -0.2) is 0 Å². The zero-order chi connectivity index (χ0) is 10.9. The van der Waals surface area contributed by atoms with Gasteiger partial charge in [-0.1, -0.05) is 23.7 Å². The minimum Gasteiger partial charge on any atom is -0.323 e. The van der Waals surface area contributed by atoms with Crippen LogP contribution in [-0.4, -0.2) is 11.4 Å². The van der Waals surface area contributed by atoms with Crippen molar-refractivity contribution in [3.8, 4) is 0 Å². The zero-order valence-corrected chi connectivity index (χ0v) is 10.3. The lowest BCUT2D eigenvalue weighted by Crippen LogP contribution is -2.56. The van der Waals surface area contributed by atoms with Crippen molar-refractivity contribution in [3.05, 3.63) is 29.3 Å². The highest BCUT2D eigenvalue weighted by atomic mass is 35.5. The van der Waals surface area contributed by atoms with Crippen molar-refractivity contribution < 1.29 is 4.79 Å². The van der Waals surface area contributed by atoms with Crippen LogP contribution >= 0.6 is 24.0 Å². The summed E-state index contributed by atoms with van der Waals surface area (Å²) in [5, 5.41) is 3.29. The molecule has 1 saturated carbocycles. The molecule has 3 N–H and O–H groups in total. The minimum atomic E-state index is -0.681. The van der Waals surface area contributed by atoms with Crippen molar-refractivity contribution in [3.63, 3.8) is 0 Å². The Kier molecular flexibility index (Phi) is 4.19. The number of hydrogen-bond acceptors (Lipinski definition) is 2. The van der Waals surface area contributed by atoms with Gasteiger partial charge in [-0.2, -0.15) is 0 Å². The Labute approximate surface area is 106 Å². The van der Waals surface area contributed by atoms with Crippen LogP contribution in [0.4, 0.5) is 5.69 Å². The third-order valence-electron chi connectivity index (χ3n) is 2.82. The highest BCUT2D eigenvalue weighted by molar-refractivity contribution is 6.33. The molecule has 0 saturated heterocycles. The maximum atomic E-state index is 11.8. The van der Waals surface area contributed by atoms with Crippen molar-refractivity contribution in [1.82, 2.24) is 0 Å². The second kappa shape index (κ2) is 5.04. The Morgan fingerprint density at radius 2 is 2.00 bits per heavy atom. The number of rotatable bonds is 2. The highest BCUT2D eigenvalue weighted by Crippen LogP contribution is 2.31. The maximum Gasteiger partial charge on any atom is 0.244 e. The van der Waals surface area contributed by atoms with Crippen LogP contribution in [0.3, 0.4) is 0 Å². The molecule has 0 unspecified atom stereocenters. The van der Waals surface area contributed by atoms with E-state index in [4.69, 9.17) is 17.3 Å². The number of carbonyl (C=O) groups excluding carboxylic acids is 1. The number of para-hydroxylation sites is 1. The Morgan fingerprint density at radius 1 is 1.38 bits per heavy atom. The second-order valence-electron chi connectivity index (χ2n) is 3.94. The number of hydrogen-bond donors (Lipinski definition) is 2. The van der Waals surface area contributed by atoms with Crippen molar-refractivity contribution >= 4 is 35.6 Å². The Morgan fingerprint density at radius 3 is 2.50 bits per heavy atom. The van der Waals surface area contributed by atoms with E-state index in [1.54, 1.807) is 12.1 Å². The topological polar surface area (TPSA) is 55.1 Å². The molecule has 0 aromatic heterocycles. The van der Waals surface area contributed by atoms with Crippen LogP contribution in [0, 0.1) is 0 Å². The predicted molar refractivity (Wildman–Crippen MR) is 68.1 cm³/mol. The molecule has 1 amide bonds. The fraction of sp³-hybridized carbons (Fsp3) is 0.364. The first kappa shape index (κ1) is 13.3. The molecule has 0 spiro atoms. The van der Waals surface area contributed by atoms with E-state index in [0.29, 0.717) is 10.7 Å². The first-order valence-electron chi connectivity index (χ1n) is 4.97. The number of nitrogens with two attached hydrogens (primary N) is 1. The van der Waals surface area contributed by atoms with Crippen LogP contribution in [-0.2, 0) is 4.79 Å². The predicted octanol–water partition coefficient (Wildman–Crippen LogP) is 2.58. The normalized spacial score (nSPS) is 16.9. The fourth-order valence-corrected chi connectivity index (χ4v) is 1.78. The molecule has 1 aromatic rings. The number of benzene rings is 1. The summed E-state index contributed by atoms with van der Waals surface area (Å²) >= 11 is 5.92. The smallest absolute Gasteiger partial charge is 0.244 e. The van der Waals surface area contributed by atoms with E-state index in [2.05, 4.69) is 5.32 Å². The summed E-state index contributed by atoms with van der Waals surface area (Å²) in [7, 11) is 0. The number of amides is 1. The quantitative estimate of drug-likeness (QED) is 0.859. The Hall–Kier alpha value is -0.770. The molecule has 1 aliphatic carbocycles. The van der Waals surface area contributed by atoms with Gasteiger partial charge in [0.05, 0.1) is 16.2 Å². The summed E-state index contributed by atoms with van der Waals surface area (Å²) in [4.78, 5) is 11.8. The van der Waals surface area contributed by atoms with Crippen LogP contribution in [0.2, 0.25) is 5.02 Å². The Bertz CT molecular complexity index is 391. The van der Waals surface area contributed by atoms with Gasteiger partial charge in [0, 0.05) is 0 Å². The minimum absolute atomic E-state index is 0. The van der Waals surface area contributed by atoms with E-state index in [-0.39, 0.29) is 18.3 Å². The van der Waals surface area contributed by atoms with Gasteiger partial charge in [0.15, 0.2) is 0 Å². The SMILES string of the molecule is Cl.NC1(C(=O)Nc2ccccc2Cl)CCC1. The third kappa shape index (κ3) is 2.48. The van der Waals surface area contributed by atoms with E-state index in [1.165, 1.54) is 0 Å². The standard InChI is InChI=1S/C11H13ClN2O.ClH/c12-8-4-1-2-5-9(8)14-10(15)11(13)6-3-7-11;/h1-2,4-5H,3,6-7,13H2,(H,14,15);1H. The number of halogens is 2. The molecule has 2 rings (SSSR count). The Balaban J connectivity index is 0.00000128. The van der Waals surface area contributed by atoms with Gasteiger partial charge in [-0.15, -0.1) is 12.4 Å². The second-order valence-corrected chi connectivity index (χ2v) is 4.35. The van der Waals surface area contributed by atoms with Crippen LogP contribution < -0.4 is 11.1 Å². The summed E-state index contributed by atoms with van der Waals surface area (Å²) < 4.78 is 0. The molecule has 1 fully saturated rings. The molecule has 16 heavy (non-hydrogen) atoms. The van der Waals surface area contributed by atoms with Gasteiger partial charge < -0.3 is 11.1 Å². The summed E-state index contributed by atoms with van der Waals surface area (Å²) in [5.41, 5.74) is 5.83. The lowest BCUT2D eigenvalue weighted by molar-refractivity contribution is -0.123. The van der Waals surface area contributed by atoms with Crippen LogP contribution in [0.1, 0.15) is 19.3 Å². The molecule has 0 aliphatic heterocycles. The molecule has 0 atom stereocenters. The lowest BCUT2D eigenvalue weighted by Gasteiger charge is -2.36. The van der Waals surface area contributed by atoms with Crippen molar-refractivity contribution in [1.29, 1.82) is 0 Å². The van der Waals surface area contributed by atoms with Gasteiger partial charge in [-0.05, 0) is 31.4 Å². The monoisotopic (exact) mass is 260 g/mol. The van der Waals surface area contributed by atoms with E-state index < -0.39 is 5.54 Å². The molecular weight excluding hydrogens is 247 g/mol. The zero-order valence-electron chi connectivity index (χ0n) is 8.70. The van der Waals surface area contributed by atoms with Gasteiger partial charge in [-0.3, -0.25) is 4.79 Å². The maximum absolute atomic E-state index is 11.8. The van der Waals surface area contributed by atoms with Gasteiger partial charge in [0.25, 0.3) is 0 Å². The van der Waals surface area contributed by atoms with Crippen molar-refractivity contribution in [2.75, 3.05) is 5.32 Å². The molecule has 1 aromatic carbocycles. The molecular formula is C11H14Cl2N2O. The summed E-state index contributed by atoms with van der Waals surface area (Å²) in [6.45, 7) is 0. The highest BCUT2D eigenvalue weighted by Gasteiger charge is 2.40. The van der Waals surface area contributed by atoms with Crippen molar-refractivity contribution in [2.24, 2.45) is 5.73 Å². The van der Waals surface area contributed by atoms with Gasteiger partial charge in [0.1, 0.15) is 0 Å². The molecule has 0 heterocycles. The van der Waals surface area contributed by atoms with Crippen LogP contribution in [0.25, 0.3) is 0 Å². The third-order valence-corrected chi connectivity index (χ3v) is 3.15. The number of carbonyl (C=O) groups is 1. The number of nitrogens with one attached hydrogen (secondary N) is 1. The van der Waals surface area contributed by atoms with E-state index in [1.807, 2.05) is 12.1 Å². The van der Waals surface area contributed by atoms with Crippen LogP contribution in [0.15, 0.2) is 24.3 Å². The average Bonchev–Trinajstić information content (AvgIpc) is 2.18. The van der Waals surface area contributed by atoms with Gasteiger partial charge in [0.2, 0.25) is 5.91 Å². The molecule has 3 nitrogen and oxygen atoms in total. The molecule has 88 valence electrons. The fourth-order valence-electron chi connectivity index (χ4n) is 1.59. The molecule has 0 radical (unpaired) electrons. The summed E-state index contributed by atoms with van der Waals surface area (Å²) in [6, 6.07) is 7.15. The van der Waals surface area contributed by atoms with Gasteiger partial charge >= 0.3 is 0 Å². The first-order valence-corrected chi connectivity index (χ1v) is 5.34. The summed E-state index contributed by atoms with van der Waals surface area (Å²) in [6.07, 6.45) is 2.53.